The maximum absolute atomic E-state index is 9.94. The zero-order valence-electron chi connectivity index (χ0n) is 11.0. The van der Waals surface area contributed by atoms with Gasteiger partial charge in [-0.25, -0.2) is 0 Å². The zero-order valence-corrected chi connectivity index (χ0v) is 11.0. The molecule has 0 saturated heterocycles. The zero-order chi connectivity index (χ0) is 11.8. The molecule has 1 aliphatic carbocycles. The Hall–Kier alpha value is -0.0800. The van der Waals surface area contributed by atoms with Crippen LogP contribution in [0.5, 0.6) is 0 Å². The molecule has 2 nitrogen and oxygen atoms in total. The van der Waals surface area contributed by atoms with Crippen molar-refractivity contribution in [1.82, 2.24) is 0 Å². The fourth-order valence-corrected chi connectivity index (χ4v) is 2.36. The minimum Gasteiger partial charge on any atom is -0.393 e. The van der Waals surface area contributed by atoms with E-state index in [0.29, 0.717) is 5.92 Å². The lowest BCUT2D eigenvalue weighted by atomic mass is 9.94. The molecule has 0 aromatic carbocycles. The Bertz CT molecular complexity index is 168. The van der Waals surface area contributed by atoms with Gasteiger partial charge in [0.05, 0.1) is 6.10 Å². The molecule has 0 aliphatic heterocycles. The van der Waals surface area contributed by atoms with Gasteiger partial charge in [0.25, 0.3) is 0 Å². The number of aliphatic hydroxyl groups is 1. The topological polar surface area (TPSA) is 29.5 Å². The van der Waals surface area contributed by atoms with Gasteiger partial charge in [-0.3, -0.25) is 0 Å². The van der Waals surface area contributed by atoms with E-state index >= 15 is 0 Å². The Kier molecular flexibility index (Phi) is 7.06. The number of aliphatic hydroxyl groups excluding tert-OH is 1. The lowest BCUT2D eigenvalue weighted by molar-refractivity contribution is 0.0586. The van der Waals surface area contributed by atoms with Crippen LogP contribution >= 0.6 is 0 Å². The SMILES string of the molecule is CC(C)CCOCCC1CCCCCC1O. The number of hydrogen-bond donors (Lipinski definition) is 1. The minimum atomic E-state index is -0.0730. The summed E-state index contributed by atoms with van der Waals surface area (Å²) in [7, 11) is 0. The van der Waals surface area contributed by atoms with Gasteiger partial charge >= 0.3 is 0 Å². The van der Waals surface area contributed by atoms with Crippen molar-refractivity contribution in [3.63, 3.8) is 0 Å². The van der Waals surface area contributed by atoms with Crippen LogP contribution in [0, 0.1) is 11.8 Å². The van der Waals surface area contributed by atoms with Crippen molar-refractivity contribution in [2.24, 2.45) is 11.8 Å². The van der Waals surface area contributed by atoms with Crippen LogP contribution in [0.1, 0.15) is 58.8 Å². The number of hydrogen-bond acceptors (Lipinski definition) is 2. The first-order valence-electron chi connectivity index (χ1n) is 6.96. The second-order valence-electron chi connectivity index (χ2n) is 5.55. The van der Waals surface area contributed by atoms with Crippen molar-refractivity contribution in [2.45, 2.75) is 64.9 Å². The molecule has 1 saturated carbocycles. The molecule has 0 aromatic heterocycles. The van der Waals surface area contributed by atoms with Crippen LogP contribution in [0.3, 0.4) is 0 Å². The van der Waals surface area contributed by atoms with Gasteiger partial charge in [0.15, 0.2) is 0 Å². The highest BCUT2D eigenvalue weighted by Gasteiger charge is 2.20. The summed E-state index contributed by atoms with van der Waals surface area (Å²) in [5.41, 5.74) is 0. The predicted molar refractivity (Wildman–Crippen MR) is 67.5 cm³/mol. The van der Waals surface area contributed by atoms with Crippen LogP contribution in [0.2, 0.25) is 0 Å². The van der Waals surface area contributed by atoms with Crippen LogP contribution in [-0.2, 0) is 4.74 Å². The van der Waals surface area contributed by atoms with Crippen molar-refractivity contribution in [3.05, 3.63) is 0 Å². The average Bonchev–Trinajstić information content (AvgIpc) is 2.43. The van der Waals surface area contributed by atoms with E-state index in [-0.39, 0.29) is 6.10 Å². The summed E-state index contributed by atoms with van der Waals surface area (Å²) in [5.74, 6) is 1.21. The first-order chi connectivity index (χ1) is 7.70. The maximum atomic E-state index is 9.94. The Balaban J connectivity index is 2.06. The largest absolute Gasteiger partial charge is 0.393 e. The maximum Gasteiger partial charge on any atom is 0.0569 e. The van der Waals surface area contributed by atoms with E-state index < -0.39 is 0 Å². The summed E-state index contributed by atoms with van der Waals surface area (Å²) in [6.07, 6.45) is 8.08. The molecule has 1 fully saturated rings. The van der Waals surface area contributed by atoms with Gasteiger partial charge in [-0.05, 0) is 37.5 Å². The summed E-state index contributed by atoms with van der Waals surface area (Å²) in [5, 5.41) is 9.94. The Labute approximate surface area is 100 Å². The van der Waals surface area contributed by atoms with Gasteiger partial charge in [0.1, 0.15) is 0 Å². The molecule has 2 atom stereocenters. The summed E-state index contributed by atoms with van der Waals surface area (Å²) < 4.78 is 5.63. The fourth-order valence-electron chi connectivity index (χ4n) is 2.36. The molecule has 0 heterocycles. The Morgan fingerprint density at radius 1 is 1.12 bits per heavy atom. The fraction of sp³-hybridized carbons (Fsp3) is 1.00. The van der Waals surface area contributed by atoms with Crippen molar-refractivity contribution in [2.75, 3.05) is 13.2 Å². The second kappa shape index (κ2) is 8.08. The van der Waals surface area contributed by atoms with Crippen molar-refractivity contribution in [1.29, 1.82) is 0 Å². The van der Waals surface area contributed by atoms with E-state index in [0.717, 1.165) is 38.4 Å². The van der Waals surface area contributed by atoms with E-state index in [4.69, 9.17) is 4.74 Å². The first-order valence-corrected chi connectivity index (χ1v) is 6.96. The molecule has 2 heteroatoms. The highest BCUT2D eigenvalue weighted by molar-refractivity contribution is 4.72. The van der Waals surface area contributed by atoms with Crippen LogP contribution < -0.4 is 0 Å². The summed E-state index contributed by atoms with van der Waals surface area (Å²) in [4.78, 5) is 0. The molecule has 96 valence electrons. The van der Waals surface area contributed by atoms with Crippen molar-refractivity contribution < 1.29 is 9.84 Å². The first kappa shape index (κ1) is 14.0. The Morgan fingerprint density at radius 2 is 1.88 bits per heavy atom. The average molecular weight is 228 g/mol. The molecule has 1 rings (SSSR count). The van der Waals surface area contributed by atoms with Crippen LogP contribution in [-0.4, -0.2) is 24.4 Å². The Morgan fingerprint density at radius 3 is 2.62 bits per heavy atom. The molecular formula is C14H28O2. The summed E-state index contributed by atoms with van der Waals surface area (Å²) in [6, 6.07) is 0. The third-order valence-corrected chi connectivity index (χ3v) is 3.59. The number of rotatable bonds is 6. The van der Waals surface area contributed by atoms with Gasteiger partial charge in [-0.2, -0.15) is 0 Å². The number of ether oxygens (including phenoxy) is 1. The normalized spacial score (nSPS) is 27.0. The lowest BCUT2D eigenvalue weighted by Crippen LogP contribution is -2.20. The molecule has 2 unspecified atom stereocenters. The second-order valence-corrected chi connectivity index (χ2v) is 5.55. The van der Waals surface area contributed by atoms with Crippen molar-refractivity contribution >= 4 is 0 Å². The molecule has 16 heavy (non-hydrogen) atoms. The lowest BCUT2D eigenvalue weighted by Gasteiger charge is -2.20. The molecule has 0 bridgehead atoms. The minimum absolute atomic E-state index is 0.0730. The highest BCUT2D eigenvalue weighted by Crippen LogP contribution is 2.25. The van der Waals surface area contributed by atoms with E-state index in [2.05, 4.69) is 13.8 Å². The smallest absolute Gasteiger partial charge is 0.0569 e. The monoisotopic (exact) mass is 228 g/mol. The standard InChI is InChI=1S/C14H28O2/c1-12(2)8-10-16-11-9-13-6-4-3-5-7-14(13)15/h12-15H,3-11H2,1-2H3. The third-order valence-electron chi connectivity index (χ3n) is 3.59. The molecule has 0 radical (unpaired) electrons. The van der Waals surface area contributed by atoms with Gasteiger partial charge in [-0.1, -0.05) is 33.1 Å². The molecule has 0 aromatic rings. The van der Waals surface area contributed by atoms with Gasteiger partial charge in [-0.15, -0.1) is 0 Å². The van der Waals surface area contributed by atoms with E-state index in [1.165, 1.54) is 25.7 Å². The third kappa shape index (κ3) is 5.86. The molecule has 0 amide bonds. The predicted octanol–water partition coefficient (Wildman–Crippen LogP) is 3.38. The quantitative estimate of drug-likeness (QED) is 0.558. The summed E-state index contributed by atoms with van der Waals surface area (Å²) >= 11 is 0. The van der Waals surface area contributed by atoms with E-state index in [9.17, 15) is 5.11 Å². The van der Waals surface area contributed by atoms with Crippen LogP contribution in [0.25, 0.3) is 0 Å². The highest BCUT2D eigenvalue weighted by atomic mass is 16.5. The molecular weight excluding hydrogens is 200 g/mol. The molecule has 1 aliphatic rings. The van der Waals surface area contributed by atoms with Crippen LogP contribution in [0.4, 0.5) is 0 Å². The van der Waals surface area contributed by atoms with Gasteiger partial charge < -0.3 is 9.84 Å². The molecule has 0 spiro atoms. The van der Waals surface area contributed by atoms with Crippen LogP contribution in [0.15, 0.2) is 0 Å². The molecule has 1 N–H and O–H groups in total. The summed E-state index contributed by atoms with van der Waals surface area (Å²) in [6.45, 7) is 6.14. The van der Waals surface area contributed by atoms with E-state index in [1.807, 2.05) is 0 Å². The van der Waals surface area contributed by atoms with Crippen molar-refractivity contribution in [3.8, 4) is 0 Å². The van der Waals surface area contributed by atoms with Gasteiger partial charge in [0.2, 0.25) is 0 Å². The van der Waals surface area contributed by atoms with E-state index in [1.54, 1.807) is 0 Å². The van der Waals surface area contributed by atoms with Gasteiger partial charge in [0, 0.05) is 13.2 Å².